The lowest BCUT2D eigenvalue weighted by molar-refractivity contribution is -0.132. The molecule has 0 aromatic heterocycles. The minimum absolute atomic E-state index is 0.239. The number of piperidine rings is 1. The largest absolute Gasteiger partial charge is 0.340 e. The highest BCUT2D eigenvalue weighted by molar-refractivity contribution is 5.74. The van der Waals surface area contributed by atoms with Crippen molar-refractivity contribution in [3.63, 3.8) is 0 Å². The van der Waals surface area contributed by atoms with Crippen LogP contribution in [0.15, 0.2) is 24.3 Å². The van der Waals surface area contributed by atoms with Gasteiger partial charge in [0.1, 0.15) is 0 Å². The van der Waals surface area contributed by atoms with Gasteiger partial charge in [0.25, 0.3) is 0 Å². The molecule has 1 amide bonds. The zero-order valence-corrected chi connectivity index (χ0v) is 9.65. The van der Waals surface area contributed by atoms with E-state index in [4.69, 9.17) is 0 Å². The van der Waals surface area contributed by atoms with Gasteiger partial charge in [-0.3, -0.25) is 4.79 Å². The first kappa shape index (κ1) is 9.88. The first-order valence-electron chi connectivity index (χ1n) is 6.10. The molecule has 1 aromatic rings. The van der Waals surface area contributed by atoms with Crippen LogP contribution >= 0.6 is 0 Å². The second-order valence-electron chi connectivity index (χ2n) is 4.99. The molecule has 0 radical (unpaired) electrons. The van der Waals surface area contributed by atoms with E-state index in [0.717, 1.165) is 25.8 Å². The predicted octanol–water partition coefficient (Wildman–Crippen LogP) is 2.34. The van der Waals surface area contributed by atoms with Crippen LogP contribution in [0.2, 0.25) is 0 Å². The molecule has 2 atom stereocenters. The third-order valence-electron chi connectivity index (χ3n) is 4.07. The highest BCUT2D eigenvalue weighted by atomic mass is 16.2. The van der Waals surface area contributed by atoms with Crippen LogP contribution in [0.25, 0.3) is 0 Å². The molecule has 3 rings (SSSR count). The molecule has 1 aliphatic heterocycles. The lowest BCUT2D eigenvalue weighted by Gasteiger charge is -2.43. The topological polar surface area (TPSA) is 20.3 Å². The summed E-state index contributed by atoms with van der Waals surface area (Å²) in [6.07, 6.45) is 3.34. The van der Waals surface area contributed by atoms with Crippen LogP contribution in [0.3, 0.4) is 0 Å². The van der Waals surface area contributed by atoms with Crippen molar-refractivity contribution in [1.82, 2.24) is 4.90 Å². The lowest BCUT2D eigenvalue weighted by atomic mass is 9.75. The Morgan fingerprint density at radius 3 is 3.00 bits per heavy atom. The van der Waals surface area contributed by atoms with E-state index in [9.17, 15) is 4.79 Å². The summed E-state index contributed by atoms with van der Waals surface area (Å²) < 4.78 is 0. The Bertz CT molecular complexity index is 426. The van der Waals surface area contributed by atoms with Gasteiger partial charge < -0.3 is 4.90 Å². The summed E-state index contributed by atoms with van der Waals surface area (Å²) in [5.74, 6) is 0.924. The SMILES string of the molecule is CC(=O)N1CCC2CC1Cc1ccccc12. The van der Waals surface area contributed by atoms with Crippen molar-refractivity contribution in [3.05, 3.63) is 35.4 Å². The minimum Gasteiger partial charge on any atom is -0.340 e. The first-order valence-corrected chi connectivity index (χ1v) is 6.10. The molecule has 0 spiro atoms. The third kappa shape index (κ3) is 1.44. The van der Waals surface area contributed by atoms with Crippen LogP contribution in [0.4, 0.5) is 0 Å². The average molecular weight is 215 g/mol. The van der Waals surface area contributed by atoms with Crippen LogP contribution in [-0.2, 0) is 11.2 Å². The molecule has 1 heterocycles. The molecule has 2 unspecified atom stereocenters. The number of nitrogens with zero attached hydrogens (tertiary/aromatic N) is 1. The van der Waals surface area contributed by atoms with E-state index in [1.165, 1.54) is 11.1 Å². The molecular weight excluding hydrogens is 198 g/mol. The number of benzene rings is 1. The number of carbonyl (C=O) groups is 1. The molecule has 1 aromatic carbocycles. The fourth-order valence-electron chi connectivity index (χ4n) is 3.31. The molecule has 0 N–H and O–H groups in total. The Morgan fingerprint density at radius 2 is 2.19 bits per heavy atom. The normalized spacial score (nSPS) is 27.4. The second kappa shape index (κ2) is 3.62. The summed E-state index contributed by atoms with van der Waals surface area (Å²) in [5, 5.41) is 0. The van der Waals surface area contributed by atoms with Gasteiger partial charge >= 0.3 is 0 Å². The first-order chi connectivity index (χ1) is 7.75. The van der Waals surface area contributed by atoms with Crippen molar-refractivity contribution >= 4 is 5.91 Å². The Balaban J connectivity index is 1.95. The van der Waals surface area contributed by atoms with Gasteiger partial charge in [0.15, 0.2) is 0 Å². The molecule has 1 aliphatic carbocycles. The number of fused-ring (bicyclic) bond motifs is 4. The molecule has 84 valence electrons. The van der Waals surface area contributed by atoms with Gasteiger partial charge in [-0.1, -0.05) is 24.3 Å². The van der Waals surface area contributed by atoms with Crippen molar-refractivity contribution in [1.29, 1.82) is 0 Å². The van der Waals surface area contributed by atoms with Crippen molar-refractivity contribution < 1.29 is 4.79 Å². The van der Waals surface area contributed by atoms with Crippen molar-refractivity contribution in [2.45, 2.75) is 38.1 Å². The van der Waals surface area contributed by atoms with Crippen LogP contribution in [0.1, 0.15) is 36.8 Å². The van der Waals surface area contributed by atoms with Gasteiger partial charge in [0.05, 0.1) is 0 Å². The van der Waals surface area contributed by atoms with Crippen LogP contribution in [0, 0.1) is 0 Å². The quantitative estimate of drug-likeness (QED) is 0.650. The van der Waals surface area contributed by atoms with E-state index < -0.39 is 0 Å². The Hall–Kier alpha value is -1.31. The maximum absolute atomic E-state index is 11.5. The van der Waals surface area contributed by atoms with Crippen molar-refractivity contribution in [2.24, 2.45) is 0 Å². The van der Waals surface area contributed by atoms with E-state index in [1.54, 1.807) is 6.92 Å². The summed E-state index contributed by atoms with van der Waals surface area (Å²) in [7, 11) is 0. The lowest BCUT2D eigenvalue weighted by Crippen LogP contribution is -2.47. The van der Waals surface area contributed by atoms with Crippen LogP contribution in [-0.4, -0.2) is 23.4 Å². The highest BCUT2D eigenvalue weighted by Crippen LogP contribution is 2.39. The molecule has 16 heavy (non-hydrogen) atoms. The molecule has 2 nitrogen and oxygen atoms in total. The predicted molar refractivity (Wildman–Crippen MR) is 63.3 cm³/mol. The molecule has 1 saturated heterocycles. The van der Waals surface area contributed by atoms with Gasteiger partial charge in [-0.2, -0.15) is 0 Å². The number of rotatable bonds is 0. The smallest absolute Gasteiger partial charge is 0.219 e. The highest BCUT2D eigenvalue weighted by Gasteiger charge is 2.35. The minimum atomic E-state index is 0.239. The number of likely N-dealkylation sites (tertiary alicyclic amines) is 1. The van der Waals surface area contributed by atoms with Crippen LogP contribution < -0.4 is 0 Å². The third-order valence-corrected chi connectivity index (χ3v) is 4.07. The number of hydrogen-bond acceptors (Lipinski definition) is 1. The molecule has 2 aliphatic rings. The summed E-state index contributed by atoms with van der Waals surface area (Å²) in [4.78, 5) is 13.6. The summed E-state index contributed by atoms with van der Waals surface area (Å²) in [5.41, 5.74) is 2.98. The van der Waals surface area contributed by atoms with Crippen LogP contribution in [0.5, 0.6) is 0 Å². The van der Waals surface area contributed by atoms with E-state index in [0.29, 0.717) is 12.0 Å². The fraction of sp³-hybridized carbons (Fsp3) is 0.500. The molecular formula is C14H17NO. The molecule has 0 saturated carbocycles. The van der Waals surface area contributed by atoms with E-state index in [1.807, 2.05) is 0 Å². The van der Waals surface area contributed by atoms with Crippen molar-refractivity contribution in [3.8, 4) is 0 Å². The van der Waals surface area contributed by atoms with E-state index >= 15 is 0 Å². The molecule has 1 fully saturated rings. The van der Waals surface area contributed by atoms with E-state index in [2.05, 4.69) is 29.2 Å². The van der Waals surface area contributed by atoms with Gasteiger partial charge in [0, 0.05) is 19.5 Å². The number of amides is 1. The van der Waals surface area contributed by atoms with Gasteiger partial charge in [-0.05, 0) is 36.3 Å². The maximum Gasteiger partial charge on any atom is 0.219 e. The monoisotopic (exact) mass is 215 g/mol. The standard InChI is InChI=1S/C14H17NO/c1-10(16)15-7-6-12-9-13(15)8-11-4-2-3-5-14(11)12/h2-5,12-13H,6-9H2,1H3. The zero-order chi connectivity index (χ0) is 11.1. The maximum atomic E-state index is 11.5. The summed E-state index contributed by atoms with van der Waals surface area (Å²) in [6.45, 7) is 2.64. The summed E-state index contributed by atoms with van der Waals surface area (Å²) >= 11 is 0. The molecule has 2 heteroatoms. The second-order valence-corrected chi connectivity index (χ2v) is 4.99. The zero-order valence-electron chi connectivity index (χ0n) is 9.65. The Labute approximate surface area is 96.3 Å². The fourth-order valence-corrected chi connectivity index (χ4v) is 3.31. The number of carbonyl (C=O) groups excluding carboxylic acids is 1. The average Bonchev–Trinajstić information content (AvgIpc) is 2.29. The van der Waals surface area contributed by atoms with Crippen molar-refractivity contribution in [2.75, 3.05) is 6.54 Å². The van der Waals surface area contributed by atoms with Gasteiger partial charge in [-0.15, -0.1) is 0 Å². The van der Waals surface area contributed by atoms with E-state index in [-0.39, 0.29) is 5.91 Å². The Morgan fingerprint density at radius 1 is 1.38 bits per heavy atom. The molecule has 2 bridgehead atoms. The van der Waals surface area contributed by atoms with Gasteiger partial charge in [0.2, 0.25) is 5.91 Å². The van der Waals surface area contributed by atoms with Gasteiger partial charge in [-0.25, -0.2) is 0 Å². The summed E-state index contributed by atoms with van der Waals surface area (Å²) in [6, 6.07) is 9.18. The Kier molecular flexibility index (Phi) is 2.23. The number of hydrogen-bond donors (Lipinski definition) is 0.